The molecule has 0 radical (unpaired) electrons. The summed E-state index contributed by atoms with van der Waals surface area (Å²) in [5.74, 6) is 0.389. The van der Waals surface area contributed by atoms with Crippen molar-refractivity contribution in [3.8, 4) is 0 Å². The highest BCUT2D eigenvalue weighted by Crippen LogP contribution is 2.16. The third-order valence-corrected chi connectivity index (χ3v) is 4.16. The lowest BCUT2D eigenvalue weighted by atomic mass is 10.2. The van der Waals surface area contributed by atoms with Crippen LogP contribution in [0.2, 0.25) is 0 Å². The topological polar surface area (TPSA) is 54.9 Å². The highest BCUT2D eigenvalue weighted by Gasteiger charge is 2.17. The molecule has 0 aliphatic carbocycles. The Hall–Kier alpha value is -0.450. The van der Waals surface area contributed by atoms with E-state index in [4.69, 9.17) is 9.47 Å². The van der Waals surface area contributed by atoms with E-state index in [9.17, 15) is 4.39 Å². The predicted molar refractivity (Wildman–Crippen MR) is 107 cm³/mol. The Balaban J connectivity index is 0.00000288. The minimum atomic E-state index is -0.271. The Morgan fingerprint density at radius 1 is 1.54 bits per heavy atom. The molecule has 1 aliphatic heterocycles. The van der Waals surface area contributed by atoms with E-state index in [0.717, 1.165) is 18.6 Å². The first-order valence-electron chi connectivity index (χ1n) is 7.69. The van der Waals surface area contributed by atoms with Gasteiger partial charge < -0.3 is 20.1 Å². The maximum atomic E-state index is 13.5. The van der Waals surface area contributed by atoms with Crippen LogP contribution in [-0.2, 0) is 16.0 Å². The summed E-state index contributed by atoms with van der Waals surface area (Å²) in [6, 6.07) is 5.17. The summed E-state index contributed by atoms with van der Waals surface area (Å²) in [6.45, 7) is 4.56. The normalized spacial score (nSPS) is 18.8. The lowest BCUT2D eigenvalue weighted by Gasteiger charge is -2.19. The molecule has 0 spiro atoms. The van der Waals surface area contributed by atoms with Gasteiger partial charge >= 0.3 is 0 Å². The first-order chi connectivity index (χ1) is 11.1. The Morgan fingerprint density at radius 3 is 2.96 bits per heavy atom. The number of guanidine groups is 1. The number of nitrogens with zero attached hydrogens (tertiary/aromatic N) is 1. The van der Waals surface area contributed by atoms with Crippen LogP contribution in [-0.4, -0.2) is 45.0 Å². The minimum absolute atomic E-state index is 0. The molecule has 1 aromatic rings. The second-order valence-electron chi connectivity index (χ2n) is 5.54. The molecule has 2 unspecified atom stereocenters. The van der Waals surface area contributed by atoms with Gasteiger partial charge in [-0.25, -0.2) is 4.39 Å². The second-order valence-corrected chi connectivity index (χ2v) is 6.39. The average Bonchev–Trinajstić information content (AvgIpc) is 3.06. The van der Waals surface area contributed by atoms with Gasteiger partial charge in [0.05, 0.1) is 23.8 Å². The minimum Gasteiger partial charge on any atom is -0.379 e. The van der Waals surface area contributed by atoms with E-state index in [-0.39, 0.29) is 41.9 Å². The van der Waals surface area contributed by atoms with Crippen LogP contribution in [0.3, 0.4) is 0 Å². The SMILES string of the molecule is CN=C(NCc1ccc(Br)c(F)c1)NC(C)COC1CCOC1.I. The zero-order valence-corrected chi connectivity index (χ0v) is 17.8. The van der Waals surface area contributed by atoms with Gasteiger partial charge in [0.25, 0.3) is 0 Å². The number of rotatable bonds is 6. The molecule has 1 saturated heterocycles. The van der Waals surface area contributed by atoms with Crippen molar-refractivity contribution in [2.75, 3.05) is 26.9 Å². The highest BCUT2D eigenvalue weighted by molar-refractivity contribution is 14.0. The van der Waals surface area contributed by atoms with Crippen molar-refractivity contribution in [2.45, 2.75) is 32.0 Å². The second kappa shape index (κ2) is 11.2. The summed E-state index contributed by atoms with van der Waals surface area (Å²) < 4.78 is 25.0. The van der Waals surface area contributed by atoms with E-state index in [1.807, 2.05) is 13.0 Å². The third-order valence-electron chi connectivity index (χ3n) is 3.52. The van der Waals surface area contributed by atoms with Gasteiger partial charge in [-0.3, -0.25) is 4.99 Å². The number of halogens is 3. The molecule has 0 saturated carbocycles. The lowest BCUT2D eigenvalue weighted by Crippen LogP contribution is -2.44. The first-order valence-corrected chi connectivity index (χ1v) is 8.48. The molecule has 136 valence electrons. The van der Waals surface area contributed by atoms with Gasteiger partial charge in [-0.15, -0.1) is 24.0 Å². The molecule has 2 N–H and O–H groups in total. The van der Waals surface area contributed by atoms with Crippen molar-refractivity contribution in [3.05, 3.63) is 34.1 Å². The summed E-state index contributed by atoms with van der Waals surface area (Å²) in [5, 5.41) is 6.42. The zero-order valence-electron chi connectivity index (χ0n) is 13.9. The largest absolute Gasteiger partial charge is 0.379 e. The van der Waals surface area contributed by atoms with Crippen molar-refractivity contribution in [3.63, 3.8) is 0 Å². The molecular weight excluding hydrogens is 492 g/mol. The van der Waals surface area contributed by atoms with Crippen LogP contribution in [0.25, 0.3) is 0 Å². The van der Waals surface area contributed by atoms with E-state index >= 15 is 0 Å². The fourth-order valence-electron chi connectivity index (χ4n) is 2.23. The number of ether oxygens (including phenoxy) is 2. The maximum Gasteiger partial charge on any atom is 0.191 e. The quantitative estimate of drug-likeness (QED) is 0.347. The molecule has 0 bridgehead atoms. The standard InChI is InChI=1S/C16H23BrFN3O2.HI/c1-11(9-23-13-5-6-22-10-13)21-16(19-2)20-8-12-3-4-14(17)15(18)7-12;/h3-4,7,11,13H,5-6,8-10H2,1-2H3,(H2,19,20,21);1H. The number of hydrogen-bond donors (Lipinski definition) is 2. The van der Waals surface area contributed by atoms with E-state index in [0.29, 0.717) is 30.2 Å². The van der Waals surface area contributed by atoms with Crippen LogP contribution in [0.4, 0.5) is 4.39 Å². The summed E-state index contributed by atoms with van der Waals surface area (Å²) in [4.78, 5) is 4.17. The van der Waals surface area contributed by atoms with Crippen molar-refractivity contribution >= 4 is 45.9 Å². The van der Waals surface area contributed by atoms with Crippen molar-refractivity contribution in [1.29, 1.82) is 0 Å². The molecule has 0 amide bonds. The zero-order chi connectivity index (χ0) is 16.7. The number of benzene rings is 1. The Morgan fingerprint density at radius 2 is 2.33 bits per heavy atom. The molecule has 24 heavy (non-hydrogen) atoms. The van der Waals surface area contributed by atoms with Gasteiger partial charge in [0, 0.05) is 26.2 Å². The van der Waals surface area contributed by atoms with Gasteiger partial charge in [0.1, 0.15) is 5.82 Å². The van der Waals surface area contributed by atoms with Gasteiger partial charge in [-0.2, -0.15) is 0 Å². The van der Waals surface area contributed by atoms with Crippen LogP contribution in [0, 0.1) is 5.82 Å². The van der Waals surface area contributed by atoms with Gasteiger partial charge in [-0.1, -0.05) is 6.07 Å². The van der Waals surface area contributed by atoms with Gasteiger partial charge in [0.15, 0.2) is 5.96 Å². The fraction of sp³-hybridized carbons (Fsp3) is 0.562. The maximum absolute atomic E-state index is 13.5. The molecule has 1 aromatic carbocycles. The monoisotopic (exact) mass is 515 g/mol. The van der Waals surface area contributed by atoms with Crippen LogP contribution in [0.15, 0.2) is 27.7 Å². The molecule has 0 aromatic heterocycles. The molecule has 1 aliphatic rings. The van der Waals surface area contributed by atoms with Crippen molar-refractivity contribution in [1.82, 2.24) is 10.6 Å². The molecule has 8 heteroatoms. The third kappa shape index (κ3) is 7.20. The number of aliphatic imine (C=N–C) groups is 1. The van der Waals surface area contributed by atoms with Crippen LogP contribution in [0.5, 0.6) is 0 Å². The number of nitrogens with one attached hydrogen (secondary N) is 2. The fourth-order valence-corrected chi connectivity index (χ4v) is 2.48. The lowest BCUT2D eigenvalue weighted by molar-refractivity contribution is 0.0347. The molecule has 1 heterocycles. The molecular formula is C16H24BrFIN3O2. The van der Waals surface area contributed by atoms with Crippen LogP contribution in [0.1, 0.15) is 18.9 Å². The summed E-state index contributed by atoms with van der Waals surface area (Å²) in [5.41, 5.74) is 0.848. The van der Waals surface area contributed by atoms with E-state index in [2.05, 4.69) is 31.6 Å². The smallest absolute Gasteiger partial charge is 0.191 e. The molecule has 1 fully saturated rings. The van der Waals surface area contributed by atoms with Crippen LogP contribution >= 0.6 is 39.9 Å². The number of hydrogen-bond acceptors (Lipinski definition) is 3. The van der Waals surface area contributed by atoms with Gasteiger partial charge in [0.2, 0.25) is 0 Å². The van der Waals surface area contributed by atoms with E-state index in [1.165, 1.54) is 6.07 Å². The van der Waals surface area contributed by atoms with E-state index in [1.54, 1.807) is 13.1 Å². The summed E-state index contributed by atoms with van der Waals surface area (Å²) in [7, 11) is 1.70. The Labute approximate surface area is 167 Å². The molecule has 5 nitrogen and oxygen atoms in total. The summed E-state index contributed by atoms with van der Waals surface area (Å²) >= 11 is 3.15. The Kier molecular flexibility index (Phi) is 10.1. The van der Waals surface area contributed by atoms with Crippen molar-refractivity contribution in [2.24, 2.45) is 4.99 Å². The average molecular weight is 516 g/mol. The van der Waals surface area contributed by atoms with E-state index < -0.39 is 0 Å². The Bertz CT molecular complexity index is 542. The molecule has 2 rings (SSSR count). The predicted octanol–water partition coefficient (Wildman–Crippen LogP) is 3.07. The van der Waals surface area contributed by atoms with Crippen molar-refractivity contribution < 1.29 is 13.9 Å². The van der Waals surface area contributed by atoms with Gasteiger partial charge in [-0.05, 0) is 47.0 Å². The molecule has 2 atom stereocenters. The first kappa shape index (κ1) is 21.6. The highest BCUT2D eigenvalue weighted by atomic mass is 127. The summed E-state index contributed by atoms with van der Waals surface area (Å²) in [6.07, 6.45) is 1.15. The van der Waals surface area contributed by atoms with Crippen LogP contribution < -0.4 is 10.6 Å².